The largest absolute Gasteiger partial charge is 0.502 e. The molecule has 0 aromatic carbocycles. The third-order valence-electron chi connectivity index (χ3n) is 3.37. The third-order valence-corrected chi connectivity index (χ3v) is 3.37. The van der Waals surface area contributed by atoms with Crippen molar-refractivity contribution >= 4 is 0 Å². The summed E-state index contributed by atoms with van der Waals surface area (Å²) in [5, 5.41) is 12.5. The highest BCUT2D eigenvalue weighted by Gasteiger charge is 2.18. The van der Waals surface area contributed by atoms with E-state index in [0.29, 0.717) is 18.2 Å². The fourth-order valence-electron chi connectivity index (χ4n) is 2.22. The number of aromatic nitrogens is 1. The van der Waals surface area contributed by atoms with E-state index >= 15 is 0 Å². The molecule has 5 nitrogen and oxygen atoms in total. The molecule has 1 atom stereocenters. The van der Waals surface area contributed by atoms with Crippen LogP contribution in [0, 0.1) is 12.8 Å². The zero-order valence-corrected chi connectivity index (χ0v) is 12.5. The van der Waals surface area contributed by atoms with Crippen LogP contribution in [0.2, 0.25) is 0 Å². The molecule has 0 saturated carbocycles. The van der Waals surface area contributed by atoms with Gasteiger partial charge in [-0.25, -0.2) is 0 Å². The zero-order valence-electron chi connectivity index (χ0n) is 12.5. The van der Waals surface area contributed by atoms with Crippen LogP contribution in [0.25, 0.3) is 0 Å². The van der Waals surface area contributed by atoms with E-state index in [1.165, 1.54) is 6.07 Å². The highest BCUT2D eigenvalue weighted by Crippen LogP contribution is 2.23. The topological polar surface area (TPSA) is 75.4 Å². The van der Waals surface area contributed by atoms with Gasteiger partial charge in [-0.15, -0.1) is 0 Å². The summed E-state index contributed by atoms with van der Waals surface area (Å²) < 4.78 is 5.20. The van der Waals surface area contributed by atoms with Gasteiger partial charge in [-0.05, 0) is 24.5 Å². The van der Waals surface area contributed by atoms with Crippen LogP contribution in [0.1, 0.15) is 36.9 Å². The van der Waals surface area contributed by atoms with Crippen molar-refractivity contribution in [2.24, 2.45) is 5.92 Å². The molecule has 0 saturated heterocycles. The Morgan fingerprint density at radius 1 is 1.43 bits per heavy atom. The second kappa shape index (κ2) is 6.54. The van der Waals surface area contributed by atoms with Gasteiger partial charge in [0.2, 0.25) is 5.43 Å². The molecule has 2 heterocycles. The highest BCUT2D eigenvalue weighted by molar-refractivity contribution is 5.22. The molecule has 2 N–H and O–H groups in total. The van der Waals surface area contributed by atoms with E-state index in [4.69, 9.17) is 4.42 Å². The normalized spacial score (nSPS) is 12.6. The van der Waals surface area contributed by atoms with Gasteiger partial charge < -0.3 is 14.8 Å². The maximum absolute atomic E-state index is 11.4. The average Bonchev–Trinajstić information content (AvgIpc) is 2.44. The summed E-state index contributed by atoms with van der Waals surface area (Å²) in [7, 11) is 0. The average molecular weight is 288 g/mol. The van der Waals surface area contributed by atoms with E-state index in [1.807, 2.05) is 19.1 Å². The van der Waals surface area contributed by atoms with Crippen LogP contribution < -0.4 is 10.7 Å². The molecule has 21 heavy (non-hydrogen) atoms. The van der Waals surface area contributed by atoms with Crippen molar-refractivity contribution in [3.63, 3.8) is 0 Å². The number of hydrogen-bond acceptors (Lipinski definition) is 5. The van der Waals surface area contributed by atoms with E-state index in [2.05, 4.69) is 24.1 Å². The minimum Gasteiger partial charge on any atom is -0.502 e. The molecule has 2 aromatic rings. The minimum absolute atomic E-state index is 0.0605. The van der Waals surface area contributed by atoms with Crippen LogP contribution >= 0.6 is 0 Å². The second-order valence-electron chi connectivity index (χ2n) is 5.40. The molecule has 2 aromatic heterocycles. The Labute approximate surface area is 123 Å². The van der Waals surface area contributed by atoms with E-state index in [9.17, 15) is 9.90 Å². The monoisotopic (exact) mass is 288 g/mol. The van der Waals surface area contributed by atoms with Crippen LogP contribution in [-0.2, 0) is 6.54 Å². The van der Waals surface area contributed by atoms with Gasteiger partial charge in [0, 0.05) is 12.3 Å². The van der Waals surface area contributed by atoms with E-state index in [-0.39, 0.29) is 11.8 Å². The first kappa shape index (κ1) is 15.3. The van der Waals surface area contributed by atoms with Crippen molar-refractivity contribution < 1.29 is 9.52 Å². The smallest absolute Gasteiger partial charge is 0.226 e. The first-order chi connectivity index (χ1) is 9.99. The standard InChI is InChI=1S/C16H20N2O3/c1-10(2)15(16-11(3)5-4-6-17-16)18-8-12-7-13(19)14(20)9-21-12/h4-7,9-10,15,18,20H,8H2,1-3H3. The summed E-state index contributed by atoms with van der Waals surface area (Å²) in [5.74, 6) is 0.444. The summed E-state index contributed by atoms with van der Waals surface area (Å²) in [4.78, 5) is 15.8. The predicted octanol–water partition coefficient (Wildman–Crippen LogP) is 2.54. The Hall–Kier alpha value is -2.14. The molecule has 0 aliphatic carbocycles. The lowest BCUT2D eigenvalue weighted by molar-refractivity contribution is 0.362. The van der Waals surface area contributed by atoms with Crippen molar-refractivity contribution in [3.05, 3.63) is 57.9 Å². The lowest BCUT2D eigenvalue weighted by Gasteiger charge is -2.23. The number of aryl methyl sites for hydroxylation is 1. The Kier molecular flexibility index (Phi) is 4.75. The summed E-state index contributed by atoms with van der Waals surface area (Å²) in [6.45, 7) is 6.64. The van der Waals surface area contributed by atoms with Gasteiger partial charge in [-0.2, -0.15) is 0 Å². The Morgan fingerprint density at radius 3 is 2.81 bits per heavy atom. The number of nitrogens with one attached hydrogen (secondary N) is 1. The SMILES string of the molecule is Cc1cccnc1C(NCc1cc(=O)c(O)co1)C(C)C. The summed E-state index contributed by atoms with van der Waals surface area (Å²) in [6, 6.07) is 5.30. The van der Waals surface area contributed by atoms with Gasteiger partial charge in [-0.1, -0.05) is 19.9 Å². The van der Waals surface area contributed by atoms with Crippen molar-refractivity contribution in [1.29, 1.82) is 0 Å². The third kappa shape index (κ3) is 3.70. The fourth-order valence-corrected chi connectivity index (χ4v) is 2.22. The van der Waals surface area contributed by atoms with Gasteiger partial charge in [0.15, 0.2) is 5.75 Å². The Bertz CT molecular complexity index is 665. The number of pyridine rings is 1. The molecule has 0 radical (unpaired) electrons. The van der Waals surface area contributed by atoms with Gasteiger partial charge in [-0.3, -0.25) is 9.78 Å². The Balaban J connectivity index is 2.16. The first-order valence-corrected chi connectivity index (χ1v) is 6.94. The molecule has 0 bridgehead atoms. The van der Waals surface area contributed by atoms with Crippen molar-refractivity contribution in [1.82, 2.24) is 10.3 Å². The lowest BCUT2D eigenvalue weighted by atomic mass is 9.97. The molecule has 0 aliphatic heterocycles. The molecular weight excluding hydrogens is 268 g/mol. The fraction of sp³-hybridized carbons (Fsp3) is 0.375. The van der Waals surface area contributed by atoms with E-state index < -0.39 is 5.43 Å². The zero-order chi connectivity index (χ0) is 15.4. The number of nitrogens with zero attached hydrogens (tertiary/aromatic N) is 1. The van der Waals surface area contributed by atoms with Crippen LogP contribution in [0.4, 0.5) is 0 Å². The molecule has 0 amide bonds. The quantitative estimate of drug-likeness (QED) is 0.884. The van der Waals surface area contributed by atoms with E-state index in [1.54, 1.807) is 6.20 Å². The molecule has 0 fully saturated rings. The molecule has 1 unspecified atom stereocenters. The van der Waals surface area contributed by atoms with Crippen molar-refractivity contribution in [2.75, 3.05) is 0 Å². The summed E-state index contributed by atoms with van der Waals surface area (Å²) in [6.07, 6.45) is 2.84. The maximum atomic E-state index is 11.4. The molecule has 2 rings (SSSR count). The highest BCUT2D eigenvalue weighted by atomic mass is 16.4. The summed E-state index contributed by atoms with van der Waals surface area (Å²) in [5.41, 5.74) is 1.68. The second-order valence-corrected chi connectivity index (χ2v) is 5.40. The molecule has 112 valence electrons. The van der Waals surface area contributed by atoms with Crippen molar-refractivity contribution in [3.8, 4) is 5.75 Å². The van der Waals surface area contributed by atoms with Crippen LogP contribution in [0.3, 0.4) is 0 Å². The molecule has 5 heteroatoms. The number of hydrogen-bond donors (Lipinski definition) is 2. The number of aromatic hydroxyl groups is 1. The van der Waals surface area contributed by atoms with Gasteiger partial charge in [0.25, 0.3) is 0 Å². The van der Waals surface area contributed by atoms with Crippen LogP contribution in [0.5, 0.6) is 5.75 Å². The maximum Gasteiger partial charge on any atom is 0.226 e. The minimum atomic E-state index is -0.437. The van der Waals surface area contributed by atoms with Crippen molar-refractivity contribution in [2.45, 2.75) is 33.4 Å². The van der Waals surface area contributed by atoms with Crippen LogP contribution in [-0.4, -0.2) is 10.1 Å². The van der Waals surface area contributed by atoms with E-state index in [0.717, 1.165) is 17.5 Å². The van der Waals surface area contributed by atoms with Gasteiger partial charge in [0.1, 0.15) is 12.0 Å². The first-order valence-electron chi connectivity index (χ1n) is 6.94. The summed E-state index contributed by atoms with van der Waals surface area (Å²) >= 11 is 0. The lowest BCUT2D eigenvalue weighted by Crippen LogP contribution is -2.27. The van der Waals surface area contributed by atoms with Gasteiger partial charge in [0.05, 0.1) is 18.3 Å². The predicted molar refractivity (Wildman–Crippen MR) is 80.0 cm³/mol. The van der Waals surface area contributed by atoms with Crippen LogP contribution in [0.15, 0.2) is 39.9 Å². The molecule has 0 spiro atoms. The molecular formula is C16H20N2O3. The number of rotatable bonds is 5. The molecule has 0 aliphatic rings. The Morgan fingerprint density at radius 2 is 2.19 bits per heavy atom. The van der Waals surface area contributed by atoms with Gasteiger partial charge >= 0.3 is 0 Å².